The minimum atomic E-state index is -0.378. The minimum Gasteiger partial charge on any atom is -0.496 e. The molecule has 0 saturated heterocycles. The van der Waals surface area contributed by atoms with Crippen molar-refractivity contribution >= 4 is 50.7 Å². The van der Waals surface area contributed by atoms with Gasteiger partial charge in [-0.2, -0.15) is 0 Å². The summed E-state index contributed by atoms with van der Waals surface area (Å²) in [5.74, 6) is 0.0848. The zero-order chi connectivity index (χ0) is 19.7. The van der Waals surface area contributed by atoms with Gasteiger partial charge in [0.15, 0.2) is 5.11 Å². The summed E-state index contributed by atoms with van der Waals surface area (Å²) in [6.45, 7) is 0. The molecular weight excluding hydrogens is 376 g/mol. The van der Waals surface area contributed by atoms with Gasteiger partial charge in [0.25, 0.3) is 5.91 Å². The number of hydrogen-bond donors (Lipinski definition) is 4. The second kappa shape index (κ2) is 7.16. The standard InChI is InChI=1S/C20H16N4O3S/c1-27-17-9-12-5-3-2-4-11(12)8-14(17)18(25)24-20(28)21-13-6-7-15-16(10-13)23-19(26)22-15/h2-10H,1H3,(H2,22,23,26)(H2,21,24,25,28). The van der Waals surface area contributed by atoms with Crippen molar-refractivity contribution in [2.24, 2.45) is 0 Å². The summed E-state index contributed by atoms with van der Waals surface area (Å²) >= 11 is 5.25. The number of imidazole rings is 1. The number of fused-ring (bicyclic) bond motifs is 2. The number of ether oxygens (including phenoxy) is 1. The molecule has 0 atom stereocenters. The number of anilines is 1. The van der Waals surface area contributed by atoms with E-state index in [1.807, 2.05) is 30.3 Å². The first kappa shape index (κ1) is 17.7. The van der Waals surface area contributed by atoms with Crippen molar-refractivity contribution < 1.29 is 9.53 Å². The smallest absolute Gasteiger partial charge is 0.323 e. The Balaban J connectivity index is 1.54. The highest BCUT2D eigenvalue weighted by Crippen LogP contribution is 2.26. The predicted molar refractivity (Wildman–Crippen MR) is 113 cm³/mol. The van der Waals surface area contributed by atoms with Gasteiger partial charge in [-0.05, 0) is 53.3 Å². The van der Waals surface area contributed by atoms with E-state index < -0.39 is 0 Å². The van der Waals surface area contributed by atoms with Gasteiger partial charge in [0, 0.05) is 5.69 Å². The van der Waals surface area contributed by atoms with Crippen LogP contribution >= 0.6 is 12.2 Å². The molecule has 0 spiro atoms. The second-order valence-corrected chi connectivity index (χ2v) is 6.56. The molecule has 1 aromatic heterocycles. The van der Waals surface area contributed by atoms with Gasteiger partial charge < -0.3 is 20.0 Å². The van der Waals surface area contributed by atoms with E-state index in [9.17, 15) is 9.59 Å². The predicted octanol–water partition coefficient (Wildman–Crippen LogP) is 3.14. The Hall–Kier alpha value is -3.65. The van der Waals surface area contributed by atoms with Crippen LogP contribution in [0, 0.1) is 0 Å². The van der Waals surface area contributed by atoms with E-state index in [0.717, 1.165) is 10.8 Å². The molecule has 0 aliphatic heterocycles. The summed E-state index contributed by atoms with van der Waals surface area (Å²) < 4.78 is 5.36. The van der Waals surface area contributed by atoms with E-state index >= 15 is 0 Å². The zero-order valence-electron chi connectivity index (χ0n) is 14.8. The molecule has 0 aliphatic rings. The Morgan fingerprint density at radius 2 is 1.71 bits per heavy atom. The van der Waals surface area contributed by atoms with Crippen LogP contribution in [0.3, 0.4) is 0 Å². The van der Waals surface area contributed by atoms with Crippen molar-refractivity contribution in [3.63, 3.8) is 0 Å². The third-order valence-electron chi connectivity index (χ3n) is 4.31. The normalized spacial score (nSPS) is 10.8. The maximum atomic E-state index is 12.7. The maximum Gasteiger partial charge on any atom is 0.323 e. The lowest BCUT2D eigenvalue weighted by Crippen LogP contribution is -2.34. The van der Waals surface area contributed by atoms with Gasteiger partial charge in [-0.1, -0.05) is 24.3 Å². The van der Waals surface area contributed by atoms with Crippen LogP contribution in [0.15, 0.2) is 59.4 Å². The molecule has 140 valence electrons. The number of carbonyl (C=O) groups is 1. The molecule has 8 heteroatoms. The lowest BCUT2D eigenvalue weighted by atomic mass is 10.1. The second-order valence-electron chi connectivity index (χ2n) is 6.15. The molecule has 4 aromatic rings. The molecule has 0 unspecified atom stereocenters. The van der Waals surface area contributed by atoms with Gasteiger partial charge in [0.2, 0.25) is 0 Å². The maximum absolute atomic E-state index is 12.7. The van der Waals surface area contributed by atoms with Gasteiger partial charge in [0.05, 0.1) is 23.7 Å². The highest BCUT2D eigenvalue weighted by molar-refractivity contribution is 7.80. The van der Waals surface area contributed by atoms with Crippen LogP contribution in [0.25, 0.3) is 21.8 Å². The molecule has 28 heavy (non-hydrogen) atoms. The van der Waals surface area contributed by atoms with E-state index in [4.69, 9.17) is 17.0 Å². The molecule has 0 fully saturated rings. The van der Waals surface area contributed by atoms with Gasteiger partial charge in [-0.15, -0.1) is 0 Å². The molecule has 1 amide bonds. The number of rotatable bonds is 3. The number of thiocarbonyl (C=S) groups is 1. The van der Waals surface area contributed by atoms with Gasteiger partial charge >= 0.3 is 5.69 Å². The van der Waals surface area contributed by atoms with E-state index in [1.54, 1.807) is 24.3 Å². The number of aromatic nitrogens is 2. The number of H-pyrrole nitrogens is 2. The van der Waals surface area contributed by atoms with Gasteiger partial charge in [0.1, 0.15) is 5.75 Å². The molecule has 0 radical (unpaired) electrons. The largest absolute Gasteiger partial charge is 0.496 e. The Labute approximate surface area is 164 Å². The van der Waals surface area contributed by atoms with Crippen molar-refractivity contribution in [1.82, 2.24) is 15.3 Å². The first-order valence-corrected chi connectivity index (χ1v) is 8.85. The third kappa shape index (κ3) is 3.45. The van der Waals surface area contributed by atoms with Gasteiger partial charge in [-0.3, -0.25) is 10.1 Å². The minimum absolute atomic E-state index is 0.137. The molecule has 4 rings (SSSR count). The molecule has 3 aromatic carbocycles. The third-order valence-corrected chi connectivity index (χ3v) is 4.52. The van der Waals surface area contributed by atoms with Gasteiger partial charge in [-0.25, -0.2) is 4.79 Å². The van der Waals surface area contributed by atoms with Crippen molar-refractivity contribution in [2.45, 2.75) is 0 Å². The van der Waals surface area contributed by atoms with Crippen LogP contribution in [0.5, 0.6) is 5.75 Å². The number of benzene rings is 3. The topological polar surface area (TPSA) is 99.0 Å². The summed E-state index contributed by atoms with van der Waals surface area (Å²) in [7, 11) is 1.52. The Kier molecular flexibility index (Phi) is 4.54. The zero-order valence-corrected chi connectivity index (χ0v) is 15.6. The van der Waals surface area contributed by atoms with E-state index in [-0.39, 0.29) is 16.7 Å². The summed E-state index contributed by atoms with van der Waals surface area (Å²) in [5, 5.41) is 7.64. The molecular formula is C20H16N4O3S. The average molecular weight is 392 g/mol. The fraction of sp³-hybridized carbons (Fsp3) is 0.0500. The molecule has 0 saturated carbocycles. The van der Waals surface area contributed by atoms with Crippen LogP contribution in [0.1, 0.15) is 10.4 Å². The van der Waals surface area contributed by atoms with Crippen LogP contribution in [0.2, 0.25) is 0 Å². The number of nitrogens with one attached hydrogen (secondary N) is 4. The first-order valence-electron chi connectivity index (χ1n) is 8.44. The van der Waals surface area contributed by atoms with E-state index in [0.29, 0.717) is 28.0 Å². The molecule has 0 aliphatic carbocycles. The Morgan fingerprint density at radius 1 is 1.00 bits per heavy atom. The monoisotopic (exact) mass is 392 g/mol. The van der Waals surface area contributed by atoms with Crippen LogP contribution < -0.4 is 21.1 Å². The highest BCUT2D eigenvalue weighted by Gasteiger charge is 2.15. The van der Waals surface area contributed by atoms with Crippen molar-refractivity contribution in [2.75, 3.05) is 12.4 Å². The lowest BCUT2D eigenvalue weighted by molar-refractivity contribution is 0.0975. The van der Waals surface area contributed by atoms with Crippen molar-refractivity contribution in [1.29, 1.82) is 0 Å². The van der Waals surface area contributed by atoms with Crippen LogP contribution in [0.4, 0.5) is 5.69 Å². The quantitative estimate of drug-likeness (QED) is 0.402. The highest BCUT2D eigenvalue weighted by atomic mass is 32.1. The van der Waals surface area contributed by atoms with Crippen molar-refractivity contribution in [3.05, 3.63) is 70.6 Å². The lowest BCUT2D eigenvalue weighted by Gasteiger charge is -2.13. The van der Waals surface area contributed by atoms with Crippen LogP contribution in [-0.2, 0) is 0 Å². The Morgan fingerprint density at radius 3 is 2.46 bits per heavy atom. The number of amides is 1. The summed E-state index contributed by atoms with van der Waals surface area (Å²) in [4.78, 5) is 29.4. The fourth-order valence-electron chi connectivity index (χ4n) is 3.01. The molecule has 7 nitrogen and oxygen atoms in total. The Bertz CT molecular complexity index is 1280. The molecule has 4 N–H and O–H groups in total. The number of hydrogen-bond acceptors (Lipinski definition) is 4. The molecule has 1 heterocycles. The SMILES string of the molecule is COc1cc2ccccc2cc1C(=O)NC(=S)Nc1ccc2[nH]c(=O)[nH]c2c1. The molecule has 0 bridgehead atoms. The first-order chi connectivity index (χ1) is 13.5. The summed E-state index contributed by atoms with van der Waals surface area (Å²) in [6.07, 6.45) is 0. The van der Waals surface area contributed by atoms with E-state index in [1.165, 1.54) is 7.11 Å². The average Bonchev–Trinajstić information content (AvgIpc) is 3.06. The van der Waals surface area contributed by atoms with Crippen LogP contribution in [-0.4, -0.2) is 28.1 Å². The number of aromatic amines is 2. The van der Waals surface area contributed by atoms with E-state index in [2.05, 4.69) is 20.6 Å². The fourth-order valence-corrected chi connectivity index (χ4v) is 3.22. The number of carbonyl (C=O) groups excluding carboxylic acids is 1. The number of methoxy groups -OCH3 is 1. The van der Waals surface area contributed by atoms with Crippen molar-refractivity contribution in [3.8, 4) is 5.75 Å². The summed E-state index contributed by atoms with van der Waals surface area (Å²) in [5.41, 5.74) is 2.06. The summed E-state index contributed by atoms with van der Waals surface area (Å²) in [6, 6.07) is 16.5.